The molecule has 134 heavy (non-hydrogen) atoms. The molecule has 1 saturated heterocycles. The first-order valence-corrected chi connectivity index (χ1v) is 45.4. The molecule has 0 spiro atoms. The van der Waals surface area contributed by atoms with E-state index < -0.39 is 198 Å². The molecule has 6 aromatic rings. The standard InChI is InChI=1S/C91H126N22O20S/c1-51-17-14-21-63-61(48-100-76(51)63)45-70-83(125)102-64(23-16-38-99-90(96)132)78(120)109-73(50-134-40-32-67(101-55(5)117)80(122)103-66(30-31-74(94)118)81(123)111-77(53(3)115)87(129)107-70)85(127)104-68(42-56-25-28-62(29-26-56)133-39-35-93)82(124)105-69(43-57-24-27-59-19-8-9-20-60(59)41-57)86(128)112-91(6,33-11-12-34-92)89(131)110-65(22-10-13-37-98-54(4)116)79(121)106-71(46-75(95)119)84(126)108-72(44-58-18-15-36-97-47-58)88(130)113(7)49-52(2)114/h8-9,14-15,17-21,24-29,36,41,47-48,53,64-73,77,100,115H,10-13,16,22-23,30-35,37-40,42-46,49-50,92-93H2,1-7H3,(H2,94,118)(H2,95,119)(H,98,116)(H,101,117)(H,102,125)(H,103,122)(H,104,127)(H,105,124)(H,106,121)(H,107,129)(H,108,126)(H,109,120)(H,110,131)(H,111,123)(H,112,128)(H3,96,99,132)/t53-,64+,65+,66+,67+,68+,69+,70+,71+,72+,73+,77+,91+/m1/s1. The Balaban J connectivity index is 1.32. The number of nitrogens with zero attached hydrogens (tertiary/aromatic N) is 2. The fraction of sp³-hybridized carbons (Fsp3) is 0.484. The number of benzene rings is 4. The lowest BCUT2D eigenvalue weighted by molar-refractivity contribution is -0.139. The van der Waals surface area contributed by atoms with Crippen molar-refractivity contribution in [2.45, 2.75) is 222 Å². The summed E-state index contributed by atoms with van der Waals surface area (Å²) < 4.78 is 5.77. The number of aryl methyl sites for hydroxylation is 1. The van der Waals surface area contributed by atoms with Crippen LogP contribution in [0.5, 0.6) is 5.75 Å². The Hall–Kier alpha value is -13.7. The van der Waals surface area contributed by atoms with Crippen LogP contribution in [-0.2, 0) is 107 Å². The van der Waals surface area contributed by atoms with Crippen LogP contribution in [0.2, 0.25) is 0 Å². The van der Waals surface area contributed by atoms with Crippen molar-refractivity contribution in [3.63, 3.8) is 0 Å². The molecule has 13 atom stereocenters. The van der Waals surface area contributed by atoms with Crippen molar-refractivity contribution in [1.29, 1.82) is 0 Å². The maximum Gasteiger partial charge on any atom is 0.312 e. The Kier molecular flexibility index (Phi) is 43.0. The summed E-state index contributed by atoms with van der Waals surface area (Å²) in [4.78, 5) is 264. The molecule has 0 bridgehead atoms. The predicted octanol–water partition coefficient (Wildman–Crippen LogP) is -2.55. The maximum atomic E-state index is 16.0. The number of pyridine rings is 1. The monoisotopic (exact) mass is 1880 g/mol. The lowest BCUT2D eigenvalue weighted by Gasteiger charge is -2.34. The Morgan fingerprint density at radius 1 is 0.612 bits per heavy atom. The van der Waals surface area contributed by atoms with Gasteiger partial charge in [0.05, 0.1) is 19.1 Å². The van der Waals surface area contributed by atoms with Crippen molar-refractivity contribution in [3.05, 3.63) is 143 Å². The maximum absolute atomic E-state index is 16.0. The number of aliphatic hydroxyl groups excluding tert-OH is 1. The van der Waals surface area contributed by atoms with Crippen molar-refractivity contribution in [1.82, 2.24) is 89.3 Å². The number of amides is 18. The number of fused-ring (bicyclic) bond motifs is 2. The summed E-state index contributed by atoms with van der Waals surface area (Å²) in [5.41, 5.74) is 29.7. The molecule has 42 nitrogen and oxygen atoms in total. The normalized spacial score (nSPS) is 18.1. The molecule has 26 N–H and O–H groups in total. The lowest BCUT2D eigenvalue weighted by Crippen LogP contribution is -2.64. The number of hydrogen-bond donors (Lipinski definition) is 21. The third-order valence-electron chi connectivity index (χ3n) is 22.1. The van der Waals surface area contributed by atoms with Gasteiger partial charge in [0.2, 0.25) is 94.5 Å². The minimum Gasteiger partial charge on any atom is -0.492 e. The molecule has 1 fully saturated rings. The molecule has 0 unspecified atom stereocenters. The fourth-order valence-electron chi connectivity index (χ4n) is 15.0. The number of nitrogens with one attached hydrogen (secondary N) is 15. The number of urea groups is 1. The predicted molar refractivity (Wildman–Crippen MR) is 497 cm³/mol. The van der Waals surface area contributed by atoms with E-state index in [2.05, 4.69) is 84.4 Å². The number of para-hydroxylation sites is 1. The number of rotatable bonds is 46. The highest BCUT2D eigenvalue weighted by atomic mass is 32.2. The Morgan fingerprint density at radius 2 is 1.25 bits per heavy atom. The Labute approximate surface area is 779 Å². The van der Waals surface area contributed by atoms with E-state index in [4.69, 9.17) is 33.4 Å². The van der Waals surface area contributed by atoms with Gasteiger partial charge in [-0.1, -0.05) is 78.9 Å². The van der Waals surface area contributed by atoms with E-state index in [9.17, 15) is 57.8 Å². The van der Waals surface area contributed by atoms with Gasteiger partial charge in [-0.3, -0.25) is 86.5 Å². The number of likely N-dealkylation sites (N-methyl/N-ethyl adjacent to an activating group) is 1. The molecular formula is C91H126N22O20S. The number of H-pyrrole nitrogens is 1. The third-order valence-corrected chi connectivity index (χ3v) is 23.2. The third kappa shape index (κ3) is 35.1. The number of ketones is 1. The minimum atomic E-state index is -2.05. The van der Waals surface area contributed by atoms with Gasteiger partial charge in [-0.15, -0.1) is 0 Å². The molecule has 726 valence electrons. The second-order valence-electron chi connectivity index (χ2n) is 33.4. The van der Waals surface area contributed by atoms with E-state index in [0.717, 1.165) is 41.5 Å². The number of aromatic nitrogens is 2. The van der Waals surface area contributed by atoms with E-state index in [1.54, 1.807) is 79.0 Å². The van der Waals surface area contributed by atoms with Crippen LogP contribution in [0.15, 0.2) is 116 Å². The summed E-state index contributed by atoms with van der Waals surface area (Å²) in [6.07, 6.45) is -0.473. The van der Waals surface area contributed by atoms with E-state index in [1.807, 2.05) is 31.2 Å². The molecule has 3 heterocycles. The van der Waals surface area contributed by atoms with Gasteiger partial charge >= 0.3 is 6.03 Å². The highest BCUT2D eigenvalue weighted by Crippen LogP contribution is 2.26. The van der Waals surface area contributed by atoms with Gasteiger partial charge in [0.1, 0.15) is 90.1 Å². The van der Waals surface area contributed by atoms with E-state index in [0.29, 0.717) is 44.3 Å². The number of Topliss-reactive ketones (excluding diaryl/α,β-unsaturated/α-hetero) is 1. The van der Waals surface area contributed by atoms with Crippen LogP contribution in [-0.4, -0.2) is 262 Å². The number of unbranched alkanes of at least 4 members (excludes halogenated alkanes) is 2. The van der Waals surface area contributed by atoms with Crippen LogP contribution in [0, 0.1) is 6.92 Å². The molecule has 7 rings (SSSR count). The highest BCUT2D eigenvalue weighted by molar-refractivity contribution is 7.99. The number of nitrogens with two attached hydrogens (primary N) is 5. The summed E-state index contributed by atoms with van der Waals surface area (Å²) in [5, 5.41) is 50.3. The van der Waals surface area contributed by atoms with Gasteiger partial charge in [-0.25, -0.2) is 4.79 Å². The van der Waals surface area contributed by atoms with Crippen LogP contribution in [0.4, 0.5) is 4.79 Å². The summed E-state index contributed by atoms with van der Waals surface area (Å²) >= 11 is 0.944. The van der Waals surface area contributed by atoms with Gasteiger partial charge in [0.25, 0.3) is 0 Å². The number of carbonyl (C=O) groups excluding carboxylic acids is 18. The molecule has 1 aliphatic heterocycles. The number of ether oxygens (including phenoxy) is 1. The zero-order chi connectivity index (χ0) is 98.3. The quantitative estimate of drug-likeness (QED) is 0.0175. The number of carbonyl (C=O) groups is 18. The molecular weight excluding hydrogens is 1750 g/mol. The number of thioether (sulfide) groups is 1. The lowest BCUT2D eigenvalue weighted by atomic mass is 9.91. The summed E-state index contributed by atoms with van der Waals surface area (Å²) in [7, 11) is 1.34. The molecule has 4 aromatic carbocycles. The van der Waals surface area contributed by atoms with Crippen LogP contribution in [0.1, 0.15) is 139 Å². The van der Waals surface area contributed by atoms with Crippen molar-refractivity contribution < 1.29 is 96.1 Å². The molecule has 0 aliphatic carbocycles. The number of aliphatic hydroxyl groups is 1. The van der Waals surface area contributed by atoms with Crippen LogP contribution in [0.3, 0.4) is 0 Å². The SMILES string of the molecule is CC(=O)CN(C)C(=O)[C@H](Cc1cccnc1)NC(=O)[C@H](CC(N)=O)NC(=O)[C@H](CCCCNC(C)=O)NC(=O)[C@](C)(CCCCN)NC(=O)[C@H](Cc1ccc2ccccc2c1)NC(=O)[C@H](Cc1ccc(OCCN)cc1)NC(=O)[C@@H]1CSCC[C@H](NC(C)=O)C(=O)N[C@@H](CCC(N)=O)C(=O)N[C@@H]([C@@H](C)O)C(=O)N[C@@H](Cc2c[nH]c3c(C)cccc23)C(=O)N[C@@H](CCCNC(N)=O)C(=O)N1. The Morgan fingerprint density at radius 3 is 1.91 bits per heavy atom. The second kappa shape index (κ2) is 53.7. The van der Waals surface area contributed by atoms with Gasteiger partial charge in [-0.2, -0.15) is 11.8 Å². The summed E-state index contributed by atoms with van der Waals surface area (Å²) in [6, 6.07) is 8.04. The molecule has 1 aliphatic rings. The largest absolute Gasteiger partial charge is 0.492 e. The average molecular weight is 1880 g/mol. The topological polar surface area (TPSA) is 667 Å². The van der Waals surface area contributed by atoms with E-state index in [1.165, 1.54) is 40.2 Å². The Bertz CT molecular complexity index is 5120. The summed E-state index contributed by atoms with van der Waals surface area (Å²) in [6.45, 7) is 7.99. The van der Waals surface area contributed by atoms with Crippen LogP contribution in [0.25, 0.3) is 21.7 Å². The minimum absolute atomic E-state index is 0.0810. The van der Waals surface area contributed by atoms with Gasteiger partial charge < -0.3 is 123 Å². The number of aromatic amines is 1. The van der Waals surface area contributed by atoms with Crippen molar-refractivity contribution >= 4 is 140 Å². The number of hydrogen-bond acceptors (Lipinski definition) is 24. The van der Waals surface area contributed by atoms with Crippen molar-refractivity contribution in [3.8, 4) is 5.75 Å². The fourth-order valence-corrected chi connectivity index (χ4v) is 16.0. The zero-order valence-electron chi connectivity index (χ0n) is 76.3. The van der Waals surface area contributed by atoms with E-state index in [-0.39, 0.29) is 140 Å². The van der Waals surface area contributed by atoms with Crippen molar-refractivity contribution in [2.75, 3.05) is 57.9 Å². The van der Waals surface area contributed by atoms with E-state index >= 15 is 33.6 Å². The molecule has 43 heteroatoms. The molecule has 0 radical (unpaired) electrons. The zero-order valence-corrected chi connectivity index (χ0v) is 77.1. The first-order valence-electron chi connectivity index (χ1n) is 44.3. The molecule has 18 amide bonds. The van der Waals surface area contributed by atoms with Crippen LogP contribution < -0.4 is 108 Å². The average Bonchev–Trinajstić information content (AvgIpc) is 1.58. The smallest absolute Gasteiger partial charge is 0.312 e. The second-order valence-corrected chi connectivity index (χ2v) is 34.5. The van der Waals surface area contributed by atoms with Crippen LogP contribution >= 0.6 is 11.8 Å². The first-order chi connectivity index (χ1) is 63.7. The van der Waals surface area contributed by atoms with Gasteiger partial charge in [0.15, 0.2) is 0 Å². The van der Waals surface area contributed by atoms with Gasteiger partial charge in [0, 0.05) is 108 Å². The van der Waals surface area contributed by atoms with Crippen molar-refractivity contribution in [2.24, 2.45) is 28.7 Å². The molecule has 2 aromatic heterocycles. The first kappa shape index (κ1) is 107. The summed E-state index contributed by atoms with van der Waals surface area (Å²) in [5.74, 6) is -15.9. The molecule has 0 saturated carbocycles. The highest BCUT2D eigenvalue weighted by Gasteiger charge is 2.43. The van der Waals surface area contributed by atoms with Gasteiger partial charge in [-0.05, 0) is 161 Å². The number of primary amides is 3.